The number of carbonyl (C=O) groups excluding carboxylic acids is 1. The maximum absolute atomic E-state index is 11.5. The zero-order chi connectivity index (χ0) is 12.0. The first-order valence-corrected chi connectivity index (χ1v) is 6.53. The molecule has 0 aromatic carbocycles. The van der Waals surface area contributed by atoms with E-state index in [1.54, 1.807) is 0 Å². The van der Waals surface area contributed by atoms with Gasteiger partial charge >= 0.3 is 6.09 Å². The Hall–Kier alpha value is -0.730. The molecular formula is C13H25NO2. The molecule has 94 valence electrons. The van der Waals surface area contributed by atoms with Gasteiger partial charge in [0.05, 0.1) is 6.61 Å². The largest absolute Gasteiger partial charge is 0.449 e. The Bertz CT molecular complexity index is 210. The molecule has 0 spiro atoms. The van der Waals surface area contributed by atoms with Gasteiger partial charge in [-0.25, -0.2) is 4.79 Å². The minimum Gasteiger partial charge on any atom is -0.449 e. The molecule has 1 fully saturated rings. The summed E-state index contributed by atoms with van der Waals surface area (Å²) in [6.45, 7) is 6.67. The summed E-state index contributed by atoms with van der Waals surface area (Å²) in [7, 11) is 0. The summed E-state index contributed by atoms with van der Waals surface area (Å²) in [5.74, 6) is 1.04. The lowest BCUT2D eigenvalue weighted by Gasteiger charge is -2.28. The summed E-state index contributed by atoms with van der Waals surface area (Å²) >= 11 is 0. The lowest BCUT2D eigenvalue weighted by atomic mass is 9.85. The van der Waals surface area contributed by atoms with Crippen molar-refractivity contribution in [3.8, 4) is 0 Å². The molecule has 0 aromatic heterocycles. The number of hydrogen-bond acceptors (Lipinski definition) is 2. The minimum atomic E-state index is -0.258. The van der Waals surface area contributed by atoms with Crippen molar-refractivity contribution < 1.29 is 9.53 Å². The van der Waals surface area contributed by atoms with E-state index >= 15 is 0 Å². The third kappa shape index (κ3) is 4.86. The first-order valence-electron chi connectivity index (χ1n) is 6.53. The van der Waals surface area contributed by atoms with Gasteiger partial charge in [-0.2, -0.15) is 0 Å². The summed E-state index contributed by atoms with van der Waals surface area (Å²) in [4.78, 5) is 11.5. The van der Waals surface area contributed by atoms with E-state index in [1.807, 2.05) is 13.8 Å². The molecular weight excluding hydrogens is 202 g/mol. The van der Waals surface area contributed by atoms with Crippen LogP contribution in [0.5, 0.6) is 0 Å². The van der Waals surface area contributed by atoms with Crippen LogP contribution in [0.25, 0.3) is 0 Å². The predicted octanol–water partition coefficient (Wildman–Crippen LogP) is 3.34. The number of amides is 1. The Balaban J connectivity index is 2.21. The summed E-state index contributed by atoms with van der Waals surface area (Å²) in [5, 5.41) is 2.94. The van der Waals surface area contributed by atoms with Crippen molar-refractivity contribution in [1.29, 1.82) is 0 Å². The molecule has 0 saturated heterocycles. The van der Waals surface area contributed by atoms with Crippen LogP contribution in [-0.4, -0.2) is 18.7 Å². The number of ether oxygens (including phenoxy) is 1. The topological polar surface area (TPSA) is 38.3 Å². The summed E-state index contributed by atoms with van der Waals surface area (Å²) in [6, 6.07) is 0.250. The van der Waals surface area contributed by atoms with Crippen molar-refractivity contribution in [3.05, 3.63) is 0 Å². The van der Waals surface area contributed by atoms with Gasteiger partial charge in [0, 0.05) is 6.04 Å². The highest BCUT2D eigenvalue weighted by Gasteiger charge is 2.21. The molecule has 1 saturated carbocycles. The SMILES string of the molecule is CC(C)COC(=O)NC(C)C1CCCCC1. The molecule has 1 aliphatic rings. The number of hydrogen-bond donors (Lipinski definition) is 1. The van der Waals surface area contributed by atoms with Crippen LogP contribution in [0.3, 0.4) is 0 Å². The van der Waals surface area contributed by atoms with Crippen LogP contribution in [0.15, 0.2) is 0 Å². The fraction of sp³-hybridized carbons (Fsp3) is 0.923. The van der Waals surface area contributed by atoms with Crippen LogP contribution in [0.2, 0.25) is 0 Å². The maximum atomic E-state index is 11.5. The molecule has 1 unspecified atom stereocenters. The molecule has 0 radical (unpaired) electrons. The average Bonchev–Trinajstić information content (AvgIpc) is 2.27. The monoisotopic (exact) mass is 227 g/mol. The first kappa shape index (κ1) is 13.3. The van der Waals surface area contributed by atoms with Crippen molar-refractivity contribution >= 4 is 6.09 Å². The third-order valence-electron chi connectivity index (χ3n) is 3.25. The molecule has 0 aromatic rings. The van der Waals surface area contributed by atoms with Gasteiger partial charge < -0.3 is 10.1 Å². The van der Waals surface area contributed by atoms with Crippen molar-refractivity contribution in [1.82, 2.24) is 5.32 Å². The highest BCUT2D eigenvalue weighted by atomic mass is 16.5. The highest BCUT2D eigenvalue weighted by molar-refractivity contribution is 5.67. The second-order valence-electron chi connectivity index (χ2n) is 5.32. The summed E-state index contributed by atoms with van der Waals surface area (Å²) in [6.07, 6.45) is 6.18. The Labute approximate surface area is 98.9 Å². The fourth-order valence-corrected chi connectivity index (χ4v) is 2.22. The van der Waals surface area contributed by atoms with E-state index < -0.39 is 0 Å². The molecule has 1 aliphatic carbocycles. The third-order valence-corrected chi connectivity index (χ3v) is 3.25. The maximum Gasteiger partial charge on any atom is 0.407 e. The number of carbonyl (C=O) groups is 1. The van der Waals surface area contributed by atoms with Gasteiger partial charge in [0.25, 0.3) is 0 Å². The molecule has 0 bridgehead atoms. The van der Waals surface area contributed by atoms with Gasteiger partial charge in [-0.3, -0.25) is 0 Å². The second-order valence-corrected chi connectivity index (χ2v) is 5.32. The average molecular weight is 227 g/mol. The Kier molecular flexibility index (Phi) is 5.64. The van der Waals surface area contributed by atoms with E-state index in [4.69, 9.17) is 4.74 Å². The molecule has 16 heavy (non-hydrogen) atoms. The van der Waals surface area contributed by atoms with Crippen molar-refractivity contribution in [2.75, 3.05) is 6.61 Å². The molecule has 3 nitrogen and oxygen atoms in total. The Morgan fingerprint density at radius 3 is 2.44 bits per heavy atom. The second kappa shape index (κ2) is 6.77. The standard InChI is InChI=1S/C13H25NO2/c1-10(2)9-16-13(15)14-11(3)12-7-5-4-6-8-12/h10-12H,4-9H2,1-3H3,(H,14,15). The number of nitrogens with one attached hydrogen (secondary N) is 1. The van der Waals surface area contributed by atoms with E-state index in [2.05, 4.69) is 12.2 Å². The lowest BCUT2D eigenvalue weighted by Crippen LogP contribution is -2.39. The zero-order valence-corrected chi connectivity index (χ0v) is 10.8. The molecule has 1 rings (SSSR count). The van der Waals surface area contributed by atoms with Gasteiger partial charge in [-0.15, -0.1) is 0 Å². The fourth-order valence-electron chi connectivity index (χ4n) is 2.22. The Morgan fingerprint density at radius 2 is 1.88 bits per heavy atom. The van der Waals surface area contributed by atoms with E-state index in [9.17, 15) is 4.79 Å². The number of alkyl carbamates (subject to hydrolysis) is 1. The van der Waals surface area contributed by atoms with Gasteiger partial charge in [0.1, 0.15) is 0 Å². The molecule has 1 atom stereocenters. The molecule has 1 amide bonds. The highest BCUT2D eigenvalue weighted by Crippen LogP contribution is 2.26. The molecule has 0 aliphatic heterocycles. The van der Waals surface area contributed by atoms with E-state index in [1.165, 1.54) is 32.1 Å². The van der Waals surface area contributed by atoms with E-state index in [0.29, 0.717) is 18.4 Å². The zero-order valence-electron chi connectivity index (χ0n) is 10.8. The predicted molar refractivity (Wildman–Crippen MR) is 65.4 cm³/mol. The van der Waals surface area contributed by atoms with Crippen LogP contribution >= 0.6 is 0 Å². The Morgan fingerprint density at radius 1 is 1.25 bits per heavy atom. The van der Waals surface area contributed by atoms with Crippen LogP contribution in [0.4, 0.5) is 4.79 Å². The molecule has 0 heterocycles. The van der Waals surface area contributed by atoms with E-state index in [-0.39, 0.29) is 12.1 Å². The molecule has 1 N–H and O–H groups in total. The minimum absolute atomic E-state index is 0.250. The van der Waals surface area contributed by atoms with Crippen molar-refractivity contribution in [2.45, 2.75) is 58.9 Å². The van der Waals surface area contributed by atoms with Crippen molar-refractivity contribution in [3.63, 3.8) is 0 Å². The molecule has 3 heteroatoms. The van der Waals surface area contributed by atoms with E-state index in [0.717, 1.165) is 0 Å². The van der Waals surface area contributed by atoms with Gasteiger partial charge in [0.2, 0.25) is 0 Å². The van der Waals surface area contributed by atoms with Gasteiger partial charge in [0.15, 0.2) is 0 Å². The van der Waals surface area contributed by atoms with Crippen LogP contribution in [0, 0.1) is 11.8 Å². The normalized spacial score (nSPS) is 19.5. The number of rotatable bonds is 4. The lowest BCUT2D eigenvalue weighted by molar-refractivity contribution is 0.124. The van der Waals surface area contributed by atoms with Crippen LogP contribution in [0.1, 0.15) is 52.9 Å². The van der Waals surface area contributed by atoms with Crippen LogP contribution < -0.4 is 5.32 Å². The van der Waals surface area contributed by atoms with Gasteiger partial charge in [-0.05, 0) is 31.6 Å². The first-order chi connectivity index (χ1) is 7.59. The summed E-state index contributed by atoms with van der Waals surface area (Å²) in [5.41, 5.74) is 0. The van der Waals surface area contributed by atoms with Crippen LogP contribution in [-0.2, 0) is 4.74 Å². The summed E-state index contributed by atoms with van der Waals surface area (Å²) < 4.78 is 5.11. The quantitative estimate of drug-likeness (QED) is 0.800. The van der Waals surface area contributed by atoms with Crippen molar-refractivity contribution in [2.24, 2.45) is 11.8 Å². The van der Waals surface area contributed by atoms with Gasteiger partial charge in [-0.1, -0.05) is 33.1 Å². The smallest absolute Gasteiger partial charge is 0.407 e.